The van der Waals surface area contributed by atoms with Gasteiger partial charge in [-0.25, -0.2) is 9.78 Å². The second-order valence-corrected chi connectivity index (χ2v) is 8.62. The zero-order chi connectivity index (χ0) is 21.0. The molecule has 0 atom stereocenters. The van der Waals surface area contributed by atoms with Crippen molar-refractivity contribution in [1.82, 2.24) is 24.6 Å². The van der Waals surface area contributed by atoms with Gasteiger partial charge in [0.2, 0.25) is 11.7 Å². The van der Waals surface area contributed by atoms with E-state index in [1.165, 1.54) is 0 Å². The van der Waals surface area contributed by atoms with Crippen molar-refractivity contribution in [3.05, 3.63) is 41.1 Å². The average molecular weight is 427 g/mol. The third-order valence-corrected chi connectivity index (χ3v) is 6.13. The number of carbonyl (C=O) groups is 1. The number of fused-ring (bicyclic) bond motifs is 3. The van der Waals surface area contributed by atoms with Crippen LogP contribution < -0.4 is 4.90 Å². The topological polar surface area (TPSA) is 80.3 Å². The molecule has 9 heteroatoms. The van der Waals surface area contributed by atoms with Crippen molar-refractivity contribution in [2.75, 3.05) is 18.0 Å². The molecule has 1 fully saturated rings. The van der Waals surface area contributed by atoms with E-state index in [9.17, 15) is 4.79 Å². The molecule has 30 heavy (non-hydrogen) atoms. The lowest BCUT2D eigenvalue weighted by atomic mass is 9.91. The highest BCUT2D eigenvalue weighted by molar-refractivity contribution is 6.31. The summed E-state index contributed by atoms with van der Waals surface area (Å²) in [7, 11) is 0. The van der Waals surface area contributed by atoms with E-state index in [4.69, 9.17) is 16.1 Å². The number of benzene rings is 1. The molecule has 1 aromatic carbocycles. The van der Waals surface area contributed by atoms with Gasteiger partial charge in [0.15, 0.2) is 0 Å². The first-order valence-electron chi connectivity index (χ1n) is 10.2. The fraction of sp³-hybridized carbons (Fsp3) is 0.429. The number of aryl methyl sites for hydroxylation is 1. The van der Waals surface area contributed by atoms with Gasteiger partial charge in [-0.3, -0.25) is 9.47 Å². The second kappa shape index (κ2) is 6.84. The fourth-order valence-electron chi connectivity index (χ4n) is 4.45. The maximum atomic E-state index is 13.6. The van der Waals surface area contributed by atoms with Gasteiger partial charge >= 0.3 is 6.03 Å². The molecule has 0 saturated carbocycles. The maximum absolute atomic E-state index is 13.6. The number of rotatable bonds is 2. The van der Waals surface area contributed by atoms with Crippen LogP contribution in [0.2, 0.25) is 5.02 Å². The van der Waals surface area contributed by atoms with Crippen molar-refractivity contribution < 1.29 is 9.32 Å². The molecule has 4 heterocycles. The molecular formula is C21H23ClN6O2. The van der Waals surface area contributed by atoms with Crippen molar-refractivity contribution in [1.29, 1.82) is 0 Å². The third kappa shape index (κ3) is 2.74. The third-order valence-electron chi connectivity index (χ3n) is 5.89. The zero-order valence-corrected chi connectivity index (χ0v) is 18.0. The molecule has 8 nitrogen and oxygen atoms in total. The smallest absolute Gasteiger partial charge is 0.325 e. The van der Waals surface area contributed by atoms with Crippen LogP contribution in [0, 0.1) is 0 Å². The summed E-state index contributed by atoms with van der Waals surface area (Å²) in [5.74, 6) is 0.984. The number of imidazole rings is 1. The van der Waals surface area contributed by atoms with Crippen LogP contribution in [0.1, 0.15) is 45.2 Å². The first kappa shape index (κ1) is 19.1. The van der Waals surface area contributed by atoms with Gasteiger partial charge < -0.3 is 9.42 Å². The maximum Gasteiger partial charge on any atom is 0.325 e. The predicted octanol–water partition coefficient (Wildman–Crippen LogP) is 4.41. The van der Waals surface area contributed by atoms with E-state index < -0.39 is 5.54 Å². The van der Waals surface area contributed by atoms with Crippen LogP contribution in [0.4, 0.5) is 10.5 Å². The highest BCUT2D eigenvalue weighted by Crippen LogP contribution is 2.46. The summed E-state index contributed by atoms with van der Waals surface area (Å²) in [6, 6.07) is 5.56. The summed E-state index contributed by atoms with van der Waals surface area (Å²) in [5, 5.41) is 4.71. The summed E-state index contributed by atoms with van der Waals surface area (Å²) in [6.07, 6.45) is 4.44. The van der Waals surface area contributed by atoms with Gasteiger partial charge in [0.25, 0.3) is 0 Å². The number of amides is 2. The molecule has 2 aromatic heterocycles. The van der Waals surface area contributed by atoms with Gasteiger partial charge in [0.05, 0.1) is 22.6 Å². The number of carbonyl (C=O) groups excluding carboxylic acids is 1. The Morgan fingerprint density at radius 1 is 1.23 bits per heavy atom. The summed E-state index contributed by atoms with van der Waals surface area (Å²) >= 11 is 6.34. The molecule has 2 aliphatic rings. The minimum atomic E-state index is -0.712. The highest BCUT2D eigenvalue weighted by Gasteiger charge is 2.46. The van der Waals surface area contributed by atoms with E-state index in [-0.39, 0.29) is 6.03 Å². The highest BCUT2D eigenvalue weighted by atomic mass is 35.5. The Labute approximate surface area is 179 Å². The SMILES string of the molecule is CCc1nc(-c2ncn3c2C(C)(C)N(C(=O)N2CCCC2)c2cc(Cl)ccc2-3)no1. The van der Waals surface area contributed by atoms with Crippen LogP contribution in [-0.2, 0) is 12.0 Å². The number of nitrogens with zero attached hydrogens (tertiary/aromatic N) is 6. The van der Waals surface area contributed by atoms with Crippen molar-refractivity contribution in [3.8, 4) is 17.2 Å². The van der Waals surface area contributed by atoms with E-state index in [1.54, 1.807) is 6.33 Å². The molecule has 0 aliphatic carbocycles. The Morgan fingerprint density at radius 2 is 2.00 bits per heavy atom. The predicted molar refractivity (Wildman–Crippen MR) is 113 cm³/mol. The molecule has 156 valence electrons. The Kier molecular flexibility index (Phi) is 4.36. The van der Waals surface area contributed by atoms with Crippen molar-refractivity contribution in [3.63, 3.8) is 0 Å². The summed E-state index contributed by atoms with van der Waals surface area (Å²) in [4.78, 5) is 26.5. The monoisotopic (exact) mass is 426 g/mol. The molecule has 0 bridgehead atoms. The largest absolute Gasteiger partial charge is 0.339 e. The number of halogens is 1. The molecule has 2 amide bonds. The van der Waals surface area contributed by atoms with Gasteiger partial charge in [0.1, 0.15) is 12.0 Å². The van der Waals surface area contributed by atoms with Crippen LogP contribution in [0.25, 0.3) is 17.2 Å². The van der Waals surface area contributed by atoms with Gasteiger partial charge in [-0.2, -0.15) is 4.98 Å². The number of anilines is 1. The quantitative estimate of drug-likeness (QED) is 0.606. The number of likely N-dealkylation sites (tertiary alicyclic amines) is 1. The van der Waals surface area contributed by atoms with Crippen molar-refractivity contribution in [2.24, 2.45) is 0 Å². The molecule has 5 rings (SSSR count). The van der Waals surface area contributed by atoms with Crippen LogP contribution in [0.3, 0.4) is 0 Å². The lowest BCUT2D eigenvalue weighted by Gasteiger charge is -2.45. The van der Waals surface area contributed by atoms with Gasteiger partial charge in [-0.15, -0.1) is 0 Å². The number of hydrogen-bond acceptors (Lipinski definition) is 5. The first-order valence-corrected chi connectivity index (χ1v) is 10.6. The Morgan fingerprint density at radius 3 is 2.70 bits per heavy atom. The Balaban J connectivity index is 1.72. The van der Waals surface area contributed by atoms with Crippen LogP contribution in [-0.4, -0.2) is 43.7 Å². The van der Waals surface area contributed by atoms with Gasteiger partial charge in [-0.1, -0.05) is 23.7 Å². The van der Waals surface area contributed by atoms with E-state index in [0.717, 1.165) is 43.0 Å². The molecule has 0 unspecified atom stereocenters. The van der Waals surface area contributed by atoms with E-state index in [1.807, 2.05) is 53.3 Å². The van der Waals surface area contributed by atoms with Crippen LogP contribution >= 0.6 is 11.6 Å². The van der Waals surface area contributed by atoms with Crippen LogP contribution in [0.5, 0.6) is 0 Å². The minimum Gasteiger partial charge on any atom is -0.339 e. The number of aromatic nitrogens is 4. The number of urea groups is 1. The zero-order valence-electron chi connectivity index (χ0n) is 17.2. The van der Waals surface area contributed by atoms with Gasteiger partial charge in [0, 0.05) is 24.5 Å². The minimum absolute atomic E-state index is 0.0261. The van der Waals surface area contributed by atoms with Crippen molar-refractivity contribution in [2.45, 2.75) is 45.6 Å². The van der Waals surface area contributed by atoms with E-state index in [2.05, 4.69) is 15.1 Å². The fourth-order valence-corrected chi connectivity index (χ4v) is 4.62. The molecule has 0 radical (unpaired) electrons. The standard InChI is InChI=1S/C21H23ClN6O2/c1-4-16-24-19(25-30-16)17-18-21(2,3)28(20(29)26-9-5-6-10-26)15-11-13(22)7-8-14(15)27(18)12-23-17/h7-8,11-12H,4-6,9-10H2,1-3H3. The second-order valence-electron chi connectivity index (χ2n) is 8.18. The lowest BCUT2D eigenvalue weighted by Crippen LogP contribution is -2.54. The summed E-state index contributed by atoms with van der Waals surface area (Å²) in [6.45, 7) is 7.52. The lowest BCUT2D eigenvalue weighted by molar-refractivity contribution is 0.207. The summed E-state index contributed by atoms with van der Waals surface area (Å²) in [5.41, 5.74) is 2.36. The van der Waals surface area contributed by atoms with Gasteiger partial charge in [-0.05, 0) is 44.9 Å². The Hall–Kier alpha value is -2.87. The molecule has 1 saturated heterocycles. The van der Waals surface area contributed by atoms with Crippen LogP contribution in [0.15, 0.2) is 29.0 Å². The molecule has 3 aromatic rings. The van der Waals surface area contributed by atoms with Crippen molar-refractivity contribution >= 4 is 23.3 Å². The first-order chi connectivity index (χ1) is 14.4. The summed E-state index contributed by atoms with van der Waals surface area (Å²) < 4.78 is 7.32. The van der Waals surface area contributed by atoms with E-state index >= 15 is 0 Å². The Bertz CT molecular complexity index is 1130. The molecule has 2 aliphatic heterocycles. The molecule has 0 spiro atoms. The van der Waals surface area contributed by atoms with E-state index in [0.29, 0.717) is 28.9 Å². The average Bonchev–Trinajstić information content (AvgIpc) is 3.46. The molecular weight excluding hydrogens is 404 g/mol. The number of hydrogen-bond donors (Lipinski definition) is 0. The molecule has 0 N–H and O–H groups in total. The normalized spacial score (nSPS) is 17.2.